The van der Waals surface area contributed by atoms with E-state index < -0.39 is 0 Å². The molecule has 0 unspecified atom stereocenters. The van der Waals surface area contributed by atoms with Gasteiger partial charge in [-0.2, -0.15) is 0 Å². The van der Waals surface area contributed by atoms with Crippen LogP contribution >= 0.6 is 23.5 Å². The molecular weight excluding hydrogens is 208 g/mol. The van der Waals surface area contributed by atoms with E-state index in [1.165, 1.54) is 50.0 Å². The third-order valence-electron chi connectivity index (χ3n) is 2.81. The smallest absolute Gasteiger partial charge is 0.0475 e. The molecule has 0 bridgehead atoms. The van der Waals surface area contributed by atoms with Crippen molar-refractivity contribution in [2.75, 3.05) is 5.08 Å². The average molecular weight is 230 g/mol. The fourth-order valence-electron chi connectivity index (χ4n) is 2.08. The number of hydrogen-bond acceptors (Lipinski definition) is 2. The zero-order valence-corrected chi connectivity index (χ0v) is 10.8. The van der Waals surface area contributed by atoms with Gasteiger partial charge in [-0.1, -0.05) is 51.9 Å². The molecule has 0 N–H and O–H groups in total. The van der Waals surface area contributed by atoms with E-state index >= 15 is 0 Å². The third-order valence-corrected chi connectivity index (χ3v) is 4.72. The maximum absolute atomic E-state index is 2.30. The molecule has 0 aromatic rings. The van der Waals surface area contributed by atoms with Gasteiger partial charge in [-0.05, 0) is 16.7 Å². The summed E-state index contributed by atoms with van der Waals surface area (Å²) in [7, 11) is 0. The van der Waals surface area contributed by atoms with E-state index in [9.17, 15) is 0 Å². The Balaban J connectivity index is 0.000000165. The second-order valence-corrected chi connectivity index (χ2v) is 6.17. The van der Waals surface area contributed by atoms with Crippen LogP contribution in [0.15, 0.2) is 10.8 Å². The lowest BCUT2D eigenvalue weighted by Gasteiger charge is -2.20. The van der Waals surface area contributed by atoms with E-state index in [2.05, 4.69) is 17.7 Å². The first-order chi connectivity index (χ1) is 6.93. The Morgan fingerprint density at radius 3 is 2.14 bits per heavy atom. The SMILES string of the molecule is C1=CSCS1.CCCC1CCCCC1. The van der Waals surface area contributed by atoms with Gasteiger partial charge in [0.15, 0.2) is 0 Å². The van der Waals surface area contributed by atoms with Gasteiger partial charge in [-0.15, -0.1) is 23.5 Å². The summed E-state index contributed by atoms with van der Waals surface area (Å²) in [5.74, 6) is 1.10. The molecule has 1 fully saturated rings. The van der Waals surface area contributed by atoms with Gasteiger partial charge in [0.25, 0.3) is 0 Å². The second kappa shape index (κ2) is 8.72. The molecule has 1 heterocycles. The molecule has 0 atom stereocenters. The van der Waals surface area contributed by atoms with Crippen molar-refractivity contribution in [2.45, 2.75) is 51.9 Å². The lowest BCUT2D eigenvalue weighted by atomic mass is 9.86. The quantitative estimate of drug-likeness (QED) is 0.634. The van der Waals surface area contributed by atoms with Gasteiger partial charge in [-0.3, -0.25) is 0 Å². The van der Waals surface area contributed by atoms with Crippen LogP contribution in [0.3, 0.4) is 0 Å². The Hall–Kier alpha value is 0.440. The second-order valence-electron chi connectivity index (χ2n) is 4.02. The molecule has 0 nitrogen and oxygen atoms in total. The summed E-state index contributed by atoms with van der Waals surface area (Å²) in [4.78, 5) is 0. The average Bonchev–Trinajstić information content (AvgIpc) is 2.78. The Bertz CT molecular complexity index is 140. The molecule has 2 heteroatoms. The van der Waals surface area contributed by atoms with Crippen LogP contribution in [0.25, 0.3) is 0 Å². The highest BCUT2D eigenvalue weighted by atomic mass is 32.2. The topological polar surface area (TPSA) is 0 Å². The fourth-order valence-corrected chi connectivity index (χ4v) is 3.65. The van der Waals surface area contributed by atoms with Crippen molar-refractivity contribution < 1.29 is 0 Å². The highest BCUT2D eigenvalue weighted by Crippen LogP contribution is 2.26. The van der Waals surface area contributed by atoms with E-state index in [1.807, 2.05) is 23.5 Å². The maximum atomic E-state index is 2.30. The Morgan fingerprint density at radius 1 is 1.07 bits per heavy atom. The molecule has 2 aliphatic rings. The molecule has 1 aliphatic heterocycles. The molecule has 1 saturated carbocycles. The van der Waals surface area contributed by atoms with Gasteiger partial charge >= 0.3 is 0 Å². The Labute approximate surface area is 97.3 Å². The van der Waals surface area contributed by atoms with Crippen molar-refractivity contribution in [3.05, 3.63) is 10.8 Å². The third kappa shape index (κ3) is 6.02. The number of hydrogen-bond donors (Lipinski definition) is 0. The van der Waals surface area contributed by atoms with E-state index in [4.69, 9.17) is 0 Å². The maximum Gasteiger partial charge on any atom is 0.0475 e. The minimum Gasteiger partial charge on any atom is -0.122 e. The van der Waals surface area contributed by atoms with Crippen molar-refractivity contribution in [3.8, 4) is 0 Å². The van der Waals surface area contributed by atoms with Gasteiger partial charge in [0.1, 0.15) is 0 Å². The van der Waals surface area contributed by atoms with Gasteiger partial charge < -0.3 is 0 Å². The zero-order chi connectivity index (χ0) is 10.1. The van der Waals surface area contributed by atoms with E-state index in [0.29, 0.717) is 0 Å². The van der Waals surface area contributed by atoms with Crippen LogP contribution in [0.5, 0.6) is 0 Å². The Kier molecular flexibility index (Phi) is 7.80. The standard InChI is InChI=1S/C9H18.C3H4S2/c1-2-6-9-7-4-3-5-8-9;1-2-5-3-4-1/h9H,2-8H2,1H3;1-2H,3H2. The first-order valence-electron chi connectivity index (χ1n) is 5.81. The first kappa shape index (κ1) is 12.5. The molecule has 82 valence electrons. The van der Waals surface area contributed by atoms with Crippen LogP contribution in [-0.2, 0) is 0 Å². The molecule has 0 spiro atoms. The molecule has 0 saturated heterocycles. The summed E-state index contributed by atoms with van der Waals surface area (Å²) in [6, 6.07) is 0. The monoisotopic (exact) mass is 230 g/mol. The fraction of sp³-hybridized carbons (Fsp3) is 0.833. The van der Waals surface area contributed by atoms with Crippen LogP contribution in [0.4, 0.5) is 0 Å². The van der Waals surface area contributed by atoms with Crippen LogP contribution < -0.4 is 0 Å². The van der Waals surface area contributed by atoms with Gasteiger partial charge in [0.05, 0.1) is 0 Å². The van der Waals surface area contributed by atoms with Gasteiger partial charge in [0, 0.05) is 5.08 Å². The number of rotatable bonds is 2. The Morgan fingerprint density at radius 2 is 1.71 bits per heavy atom. The summed E-state index contributed by atoms with van der Waals surface area (Å²) in [5.41, 5.74) is 0. The minimum atomic E-state index is 1.10. The molecule has 2 rings (SSSR count). The normalized spacial score (nSPS) is 21.8. The molecule has 0 aromatic heterocycles. The van der Waals surface area contributed by atoms with Crippen molar-refractivity contribution in [1.82, 2.24) is 0 Å². The minimum absolute atomic E-state index is 1.10. The van der Waals surface area contributed by atoms with E-state index in [1.54, 1.807) is 0 Å². The van der Waals surface area contributed by atoms with Gasteiger partial charge in [-0.25, -0.2) is 0 Å². The number of thioether (sulfide) groups is 2. The highest BCUT2D eigenvalue weighted by molar-refractivity contribution is 8.21. The molecule has 1 aliphatic carbocycles. The summed E-state index contributed by atoms with van der Waals surface area (Å²) in [6.07, 6.45) is 10.4. The van der Waals surface area contributed by atoms with Crippen molar-refractivity contribution in [1.29, 1.82) is 0 Å². The molecule has 0 aromatic carbocycles. The lowest BCUT2D eigenvalue weighted by Crippen LogP contribution is -2.04. The first-order valence-corrected chi connectivity index (χ1v) is 7.91. The summed E-state index contributed by atoms with van der Waals surface area (Å²) < 4.78 is 0. The highest BCUT2D eigenvalue weighted by Gasteiger charge is 2.10. The molecule has 14 heavy (non-hydrogen) atoms. The van der Waals surface area contributed by atoms with E-state index in [-0.39, 0.29) is 0 Å². The predicted molar refractivity (Wildman–Crippen MR) is 70.7 cm³/mol. The van der Waals surface area contributed by atoms with Crippen LogP contribution in [0.2, 0.25) is 0 Å². The van der Waals surface area contributed by atoms with Crippen LogP contribution in [0.1, 0.15) is 51.9 Å². The molecule has 0 radical (unpaired) electrons. The van der Waals surface area contributed by atoms with Crippen LogP contribution in [0, 0.1) is 5.92 Å². The summed E-state index contributed by atoms with van der Waals surface area (Å²) in [6.45, 7) is 2.30. The molecular formula is C12H22S2. The molecule has 0 amide bonds. The predicted octanol–water partition coefficient (Wildman–Crippen LogP) is 5.26. The van der Waals surface area contributed by atoms with Crippen molar-refractivity contribution >= 4 is 23.5 Å². The van der Waals surface area contributed by atoms with Gasteiger partial charge in [0.2, 0.25) is 0 Å². The van der Waals surface area contributed by atoms with Crippen molar-refractivity contribution in [3.63, 3.8) is 0 Å². The van der Waals surface area contributed by atoms with Crippen molar-refractivity contribution in [2.24, 2.45) is 5.92 Å². The van der Waals surface area contributed by atoms with E-state index in [0.717, 1.165) is 5.92 Å². The summed E-state index contributed by atoms with van der Waals surface area (Å²) in [5, 5.41) is 5.45. The zero-order valence-electron chi connectivity index (χ0n) is 9.21. The largest absolute Gasteiger partial charge is 0.122 e. The lowest BCUT2D eigenvalue weighted by molar-refractivity contribution is 0.336. The summed E-state index contributed by atoms with van der Waals surface area (Å²) >= 11 is 3.71. The van der Waals surface area contributed by atoms with Crippen LogP contribution in [-0.4, -0.2) is 5.08 Å².